The number of hydrogen-bond acceptors (Lipinski definition) is 7. The zero-order chi connectivity index (χ0) is 26.0. The molecule has 0 aliphatic rings. The number of carbonyl (C=O) groups excluding carboxylic acids is 1. The molecule has 0 unspecified atom stereocenters. The van der Waals surface area contributed by atoms with Crippen molar-refractivity contribution in [3.8, 4) is 11.5 Å². The molecular weight excluding hydrogens is 484 g/mol. The van der Waals surface area contributed by atoms with E-state index >= 15 is 0 Å². The van der Waals surface area contributed by atoms with Gasteiger partial charge < -0.3 is 14.8 Å². The van der Waals surface area contributed by atoms with E-state index in [4.69, 9.17) is 9.47 Å². The van der Waals surface area contributed by atoms with Crippen molar-refractivity contribution in [3.05, 3.63) is 105 Å². The highest BCUT2D eigenvalue weighted by atomic mass is 32.1. The molecule has 0 radical (unpaired) electrons. The van der Waals surface area contributed by atoms with E-state index in [1.807, 2.05) is 35.7 Å². The number of hydrogen-bond donors (Lipinski definition) is 1. The molecule has 0 saturated carbocycles. The van der Waals surface area contributed by atoms with Gasteiger partial charge in [0.1, 0.15) is 10.7 Å². The maximum atomic E-state index is 12.6. The second-order valence-corrected chi connectivity index (χ2v) is 9.71. The van der Waals surface area contributed by atoms with Crippen LogP contribution in [0.1, 0.15) is 37.9 Å². The maximum absolute atomic E-state index is 12.6. The Morgan fingerprint density at radius 2 is 1.76 bits per heavy atom. The largest absolute Gasteiger partial charge is 0.493 e. The molecule has 0 aliphatic carbocycles. The predicted octanol–water partition coefficient (Wildman–Crippen LogP) is 5.04. The molecule has 0 bridgehead atoms. The molecule has 2 aromatic carbocycles. The molecule has 192 valence electrons. The summed E-state index contributed by atoms with van der Waals surface area (Å²) >= 11 is 1.51. The van der Waals surface area contributed by atoms with E-state index in [0.717, 1.165) is 41.7 Å². The van der Waals surface area contributed by atoms with Gasteiger partial charge in [-0.3, -0.25) is 14.7 Å². The number of aromatic nitrogens is 2. The Kier molecular flexibility index (Phi) is 9.24. The second kappa shape index (κ2) is 13.0. The van der Waals surface area contributed by atoms with Crippen molar-refractivity contribution in [2.24, 2.45) is 0 Å². The lowest BCUT2D eigenvalue weighted by Crippen LogP contribution is -2.26. The number of thiazole rings is 1. The van der Waals surface area contributed by atoms with Crippen molar-refractivity contribution < 1.29 is 14.3 Å². The number of amides is 1. The van der Waals surface area contributed by atoms with Gasteiger partial charge in [0.2, 0.25) is 0 Å². The second-order valence-electron chi connectivity index (χ2n) is 8.77. The average molecular weight is 517 g/mol. The van der Waals surface area contributed by atoms with E-state index in [2.05, 4.69) is 57.4 Å². The zero-order valence-corrected chi connectivity index (χ0v) is 22.3. The van der Waals surface area contributed by atoms with Gasteiger partial charge >= 0.3 is 0 Å². The van der Waals surface area contributed by atoms with E-state index in [0.29, 0.717) is 18.8 Å². The van der Waals surface area contributed by atoms with Crippen molar-refractivity contribution in [2.45, 2.75) is 33.0 Å². The minimum Gasteiger partial charge on any atom is -0.493 e. The number of rotatable bonds is 12. The van der Waals surface area contributed by atoms with Crippen LogP contribution in [-0.4, -0.2) is 41.5 Å². The van der Waals surface area contributed by atoms with Gasteiger partial charge in [-0.1, -0.05) is 42.0 Å². The summed E-state index contributed by atoms with van der Waals surface area (Å²) in [4.78, 5) is 23.9. The Bertz CT molecular complexity index is 1290. The molecule has 0 spiro atoms. The van der Waals surface area contributed by atoms with Crippen LogP contribution < -0.4 is 14.8 Å². The number of aryl methyl sites for hydroxylation is 1. The van der Waals surface area contributed by atoms with Crippen LogP contribution in [0.25, 0.3) is 0 Å². The van der Waals surface area contributed by atoms with Crippen molar-refractivity contribution in [1.82, 2.24) is 20.2 Å². The van der Waals surface area contributed by atoms with Gasteiger partial charge in [-0.2, -0.15) is 0 Å². The Balaban J connectivity index is 1.43. The first kappa shape index (κ1) is 26.3. The number of carbonyl (C=O) groups is 1. The number of pyridine rings is 1. The summed E-state index contributed by atoms with van der Waals surface area (Å²) in [6, 6.07) is 20.3. The molecule has 37 heavy (non-hydrogen) atoms. The predicted molar refractivity (Wildman–Crippen MR) is 146 cm³/mol. The van der Waals surface area contributed by atoms with Gasteiger partial charge in [0, 0.05) is 24.7 Å². The molecule has 1 amide bonds. The Morgan fingerprint density at radius 3 is 2.49 bits per heavy atom. The van der Waals surface area contributed by atoms with Crippen molar-refractivity contribution >= 4 is 17.2 Å². The zero-order valence-electron chi connectivity index (χ0n) is 21.4. The van der Waals surface area contributed by atoms with Gasteiger partial charge in [-0.05, 0) is 48.7 Å². The fourth-order valence-corrected chi connectivity index (χ4v) is 4.75. The summed E-state index contributed by atoms with van der Waals surface area (Å²) in [7, 11) is 3.29. The molecule has 7 nitrogen and oxygen atoms in total. The molecule has 8 heteroatoms. The molecule has 4 rings (SSSR count). The van der Waals surface area contributed by atoms with Crippen LogP contribution in [0.4, 0.5) is 0 Å². The third kappa shape index (κ3) is 7.62. The van der Waals surface area contributed by atoms with Crippen LogP contribution in [0.5, 0.6) is 11.5 Å². The first-order valence-electron chi connectivity index (χ1n) is 12.2. The van der Waals surface area contributed by atoms with Crippen LogP contribution >= 0.6 is 11.3 Å². The molecule has 0 aliphatic heterocycles. The fourth-order valence-electron chi connectivity index (χ4n) is 3.93. The molecule has 0 fully saturated rings. The lowest BCUT2D eigenvalue weighted by Gasteiger charge is -2.22. The summed E-state index contributed by atoms with van der Waals surface area (Å²) in [5.41, 5.74) is 4.89. The number of nitrogens with one attached hydrogen (secondary N) is 1. The molecule has 1 N–H and O–H groups in total. The van der Waals surface area contributed by atoms with Crippen LogP contribution in [0.2, 0.25) is 0 Å². The SMILES string of the molecule is COc1ccc(CCN(Cc2ccc(C)cc2)Cc2nc(C(=O)NCc3ccccn3)cs2)cc1OC. The van der Waals surface area contributed by atoms with Crippen LogP contribution in [0, 0.1) is 6.92 Å². The highest BCUT2D eigenvalue weighted by Gasteiger charge is 2.15. The smallest absolute Gasteiger partial charge is 0.271 e. The quantitative estimate of drug-likeness (QED) is 0.284. The third-order valence-corrected chi connectivity index (χ3v) is 6.82. The van der Waals surface area contributed by atoms with E-state index in [9.17, 15) is 4.79 Å². The van der Waals surface area contributed by atoms with Crippen LogP contribution in [0.3, 0.4) is 0 Å². The van der Waals surface area contributed by atoms with E-state index in [1.165, 1.54) is 28.0 Å². The highest BCUT2D eigenvalue weighted by molar-refractivity contribution is 7.09. The van der Waals surface area contributed by atoms with Gasteiger partial charge in [0.25, 0.3) is 5.91 Å². The van der Waals surface area contributed by atoms with E-state index in [-0.39, 0.29) is 5.91 Å². The summed E-state index contributed by atoms with van der Waals surface area (Å²) in [6.07, 6.45) is 2.56. The minimum atomic E-state index is -0.191. The van der Waals surface area contributed by atoms with Crippen LogP contribution in [0.15, 0.2) is 72.2 Å². The highest BCUT2D eigenvalue weighted by Crippen LogP contribution is 2.28. The molecule has 2 aromatic heterocycles. The average Bonchev–Trinajstić information content (AvgIpc) is 3.40. The standard InChI is InChI=1S/C29H32N4O3S/c1-21-7-9-23(10-8-21)18-33(15-13-22-11-12-26(35-2)27(16-22)36-3)19-28-32-25(20-37-28)29(34)31-17-24-6-4-5-14-30-24/h4-12,14,16,20H,13,15,17-19H2,1-3H3,(H,31,34). The summed E-state index contributed by atoms with van der Waals surface area (Å²) in [6.45, 7) is 4.73. The molecular formula is C29H32N4O3S. The lowest BCUT2D eigenvalue weighted by atomic mass is 10.1. The first-order chi connectivity index (χ1) is 18.0. The topological polar surface area (TPSA) is 76.6 Å². The molecule has 0 saturated heterocycles. The minimum absolute atomic E-state index is 0.191. The van der Waals surface area contributed by atoms with Crippen LogP contribution in [-0.2, 0) is 26.1 Å². The number of nitrogens with zero attached hydrogens (tertiary/aromatic N) is 3. The van der Waals surface area contributed by atoms with E-state index < -0.39 is 0 Å². The first-order valence-corrected chi connectivity index (χ1v) is 13.0. The fraction of sp³-hybridized carbons (Fsp3) is 0.276. The van der Waals surface area contributed by atoms with Gasteiger partial charge in [-0.15, -0.1) is 11.3 Å². The van der Waals surface area contributed by atoms with E-state index in [1.54, 1.807) is 20.4 Å². The summed E-state index contributed by atoms with van der Waals surface area (Å²) in [5.74, 6) is 1.26. The normalized spacial score (nSPS) is 10.9. The maximum Gasteiger partial charge on any atom is 0.271 e. The Hall–Kier alpha value is -3.75. The van der Waals surface area contributed by atoms with Gasteiger partial charge in [-0.25, -0.2) is 4.98 Å². The monoisotopic (exact) mass is 516 g/mol. The van der Waals surface area contributed by atoms with Crippen molar-refractivity contribution in [2.75, 3.05) is 20.8 Å². The number of methoxy groups -OCH3 is 2. The number of ether oxygens (including phenoxy) is 2. The Morgan fingerprint density at radius 1 is 0.973 bits per heavy atom. The molecule has 0 atom stereocenters. The Labute approximate surface area is 222 Å². The summed E-state index contributed by atoms with van der Waals surface area (Å²) in [5, 5.41) is 5.63. The van der Waals surface area contributed by atoms with Crippen molar-refractivity contribution in [1.29, 1.82) is 0 Å². The third-order valence-electron chi connectivity index (χ3n) is 5.99. The van der Waals surface area contributed by atoms with Gasteiger partial charge in [0.15, 0.2) is 11.5 Å². The van der Waals surface area contributed by atoms with Crippen molar-refractivity contribution in [3.63, 3.8) is 0 Å². The van der Waals surface area contributed by atoms with Gasteiger partial charge in [0.05, 0.1) is 33.0 Å². The molecule has 2 heterocycles. The summed E-state index contributed by atoms with van der Waals surface area (Å²) < 4.78 is 10.8. The number of benzene rings is 2. The lowest BCUT2D eigenvalue weighted by molar-refractivity contribution is 0.0945. The molecule has 4 aromatic rings.